The van der Waals surface area contributed by atoms with E-state index in [-0.39, 0.29) is 11.2 Å². The number of sulfonamides is 1. The van der Waals surface area contributed by atoms with Crippen molar-refractivity contribution in [3.63, 3.8) is 0 Å². The zero-order chi connectivity index (χ0) is 17.0. The van der Waals surface area contributed by atoms with Gasteiger partial charge in [0, 0.05) is 44.1 Å². The summed E-state index contributed by atoms with van der Waals surface area (Å²) in [5.74, 6) is -0.0379. The molecule has 8 heteroatoms. The molecule has 0 atom stereocenters. The SMILES string of the molecule is Cc1ccc(C(=O)NCCN2CCN(S(=O)(=O)C(C)C)CC2)s1. The van der Waals surface area contributed by atoms with Gasteiger partial charge in [0.2, 0.25) is 10.0 Å². The van der Waals surface area contributed by atoms with E-state index in [2.05, 4.69) is 10.2 Å². The molecule has 0 spiro atoms. The summed E-state index contributed by atoms with van der Waals surface area (Å²) in [6.07, 6.45) is 0. The zero-order valence-corrected chi connectivity index (χ0v) is 15.5. The molecule has 1 amide bonds. The fraction of sp³-hybridized carbons (Fsp3) is 0.667. The van der Waals surface area contributed by atoms with Gasteiger partial charge in [0.25, 0.3) is 5.91 Å². The molecule has 2 heterocycles. The van der Waals surface area contributed by atoms with Gasteiger partial charge in [0.1, 0.15) is 0 Å². The molecule has 0 unspecified atom stereocenters. The van der Waals surface area contributed by atoms with Crippen LogP contribution < -0.4 is 5.32 Å². The summed E-state index contributed by atoms with van der Waals surface area (Å²) < 4.78 is 25.8. The zero-order valence-electron chi connectivity index (χ0n) is 13.9. The van der Waals surface area contributed by atoms with Crippen molar-refractivity contribution >= 4 is 27.3 Å². The lowest BCUT2D eigenvalue weighted by Crippen LogP contribution is -2.51. The Morgan fingerprint density at radius 2 is 1.91 bits per heavy atom. The van der Waals surface area contributed by atoms with E-state index in [0.717, 1.165) is 16.3 Å². The first-order valence-corrected chi connectivity index (χ1v) is 10.2. The summed E-state index contributed by atoms with van der Waals surface area (Å²) in [6, 6.07) is 3.78. The van der Waals surface area contributed by atoms with Crippen LogP contribution in [-0.4, -0.2) is 68.0 Å². The third-order valence-corrected chi connectivity index (χ3v) is 7.24. The molecule has 1 saturated heterocycles. The normalized spacial score (nSPS) is 17.6. The third-order valence-electron chi connectivity index (χ3n) is 3.96. The van der Waals surface area contributed by atoms with E-state index in [0.29, 0.717) is 32.7 Å². The summed E-state index contributed by atoms with van der Waals surface area (Å²) in [6.45, 7) is 9.19. The molecule has 1 aliphatic heterocycles. The fourth-order valence-electron chi connectivity index (χ4n) is 2.48. The minimum absolute atomic E-state index is 0.0379. The van der Waals surface area contributed by atoms with Crippen LogP contribution in [0.1, 0.15) is 28.4 Å². The highest BCUT2D eigenvalue weighted by Crippen LogP contribution is 2.14. The van der Waals surface area contributed by atoms with Gasteiger partial charge >= 0.3 is 0 Å². The molecule has 0 aliphatic carbocycles. The van der Waals surface area contributed by atoms with Crippen molar-refractivity contribution in [2.45, 2.75) is 26.0 Å². The molecule has 1 aromatic heterocycles. The highest BCUT2D eigenvalue weighted by Gasteiger charge is 2.29. The number of aryl methyl sites for hydroxylation is 1. The standard InChI is InChI=1S/C15H25N3O3S2/c1-12(2)23(20,21)18-10-8-17(9-11-18)7-6-16-15(19)14-5-4-13(3)22-14/h4-5,12H,6-11H2,1-3H3,(H,16,19). The number of rotatable bonds is 6. The van der Waals surface area contributed by atoms with Crippen LogP contribution in [0.2, 0.25) is 0 Å². The summed E-state index contributed by atoms with van der Waals surface area (Å²) in [7, 11) is -3.15. The van der Waals surface area contributed by atoms with E-state index in [9.17, 15) is 13.2 Å². The molecule has 130 valence electrons. The van der Waals surface area contributed by atoms with Crippen molar-refractivity contribution in [2.75, 3.05) is 39.3 Å². The lowest BCUT2D eigenvalue weighted by molar-refractivity contribution is 0.0949. The molecular weight excluding hydrogens is 334 g/mol. The number of thiophene rings is 1. The van der Waals surface area contributed by atoms with Crippen LogP contribution in [0.25, 0.3) is 0 Å². The van der Waals surface area contributed by atoms with Gasteiger partial charge in [-0.2, -0.15) is 4.31 Å². The number of hydrogen-bond acceptors (Lipinski definition) is 5. The van der Waals surface area contributed by atoms with Gasteiger partial charge in [-0.3, -0.25) is 9.69 Å². The average molecular weight is 360 g/mol. The Kier molecular flexibility index (Phi) is 6.19. The summed E-state index contributed by atoms with van der Waals surface area (Å²) in [5.41, 5.74) is 0. The number of piperazine rings is 1. The highest BCUT2D eigenvalue weighted by molar-refractivity contribution is 7.89. The molecule has 1 aliphatic rings. The molecule has 0 aromatic carbocycles. The van der Waals surface area contributed by atoms with Gasteiger partial charge in [-0.05, 0) is 32.9 Å². The van der Waals surface area contributed by atoms with Crippen molar-refractivity contribution < 1.29 is 13.2 Å². The minimum atomic E-state index is -3.15. The van der Waals surface area contributed by atoms with E-state index in [1.165, 1.54) is 11.3 Å². The smallest absolute Gasteiger partial charge is 0.261 e. The summed E-state index contributed by atoms with van der Waals surface area (Å²) in [4.78, 5) is 16.0. The minimum Gasteiger partial charge on any atom is -0.350 e. The molecule has 1 N–H and O–H groups in total. The van der Waals surface area contributed by atoms with Crippen LogP contribution >= 0.6 is 11.3 Å². The van der Waals surface area contributed by atoms with Gasteiger partial charge in [-0.15, -0.1) is 11.3 Å². The Morgan fingerprint density at radius 1 is 1.26 bits per heavy atom. The highest BCUT2D eigenvalue weighted by atomic mass is 32.2. The Hall–Kier alpha value is -0.960. The van der Waals surface area contributed by atoms with Crippen molar-refractivity contribution in [1.29, 1.82) is 0 Å². The van der Waals surface area contributed by atoms with Crippen molar-refractivity contribution in [2.24, 2.45) is 0 Å². The van der Waals surface area contributed by atoms with Crippen molar-refractivity contribution in [3.8, 4) is 0 Å². The molecule has 2 rings (SSSR count). The third kappa shape index (κ3) is 4.76. The predicted octanol–water partition coefficient (Wildman–Crippen LogP) is 1.14. The van der Waals surface area contributed by atoms with Gasteiger partial charge in [0.15, 0.2) is 0 Å². The molecular formula is C15H25N3O3S2. The Morgan fingerprint density at radius 3 is 2.43 bits per heavy atom. The van der Waals surface area contributed by atoms with Gasteiger partial charge in [-0.25, -0.2) is 8.42 Å². The Labute approximate surface area is 142 Å². The Balaban J connectivity index is 1.72. The monoisotopic (exact) mass is 359 g/mol. The van der Waals surface area contributed by atoms with Crippen LogP contribution in [0.3, 0.4) is 0 Å². The maximum Gasteiger partial charge on any atom is 0.261 e. The average Bonchev–Trinajstić information content (AvgIpc) is 2.94. The van der Waals surface area contributed by atoms with E-state index in [4.69, 9.17) is 0 Å². The first-order valence-electron chi connectivity index (χ1n) is 7.86. The number of hydrogen-bond donors (Lipinski definition) is 1. The Bertz CT molecular complexity index is 632. The van der Waals surface area contributed by atoms with Crippen molar-refractivity contribution in [1.82, 2.24) is 14.5 Å². The molecule has 0 saturated carbocycles. The number of nitrogens with one attached hydrogen (secondary N) is 1. The lowest BCUT2D eigenvalue weighted by Gasteiger charge is -2.34. The van der Waals surface area contributed by atoms with Crippen molar-refractivity contribution in [3.05, 3.63) is 21.9 Å². The number of carbonyl (C=O) groups is 1. The van der Waals surface area contributed by atoms with Crippen LogP contribution in [0.15, 0.2) is 12.1 Å². The van der Waals surface area contributed by atoms with Crippen LogP contribution in [0.5, 0.6) is 0 Å². The summed E-state index contributed by atoms with van der Waals surface area (Å²) in [5, 5.41) is 2.54. The largest absolute Gasteiger partial charge is 0.350 e. The number of nitrogens with zero attached hydrogens (tertiary/aromatic N) is 2. The topological polar surface area (TPSA) is 69.7 Å². The van der Waals surface area contributed by atoms with Gasteiger partial charge < -0.3 is 5.32 Å². The maximum atomic E-state index is 12.1. The van der Waals surface area contributed by atoms with Crippen LogP contribution in [0.4, 0.5) is 0 Å². The molecule has 0 bridgehead atoms. The van der Waals surface area contributed by atoms with E-state index < -0.39 is 10.0 Å². The second-order valence-electron chi connectivity index (χ2n) is 6.00. The number of amides is 1. The van der Waals surface area contributed by atoms with Gasteiger partial charge in [-0.1, -0.05) is 0 Å². The second-order valence-corrected chi connectivity index (χ2v) is 9.78. The number of carbonyl (C=O) groups excluding carboxylic acids is 1. The van der Waals surface area contributed by atoms with E-state index >= 15 is 0 Å². The van der Waals surface area contributed by atoms with E-state index in [1.807, 2.05) is 19.1 Å². The predicted molar refractivity (Wildman–Crippen MR) is 93.5 cm³/mol. The molecule has 1 fully saturated rings. The second kappa shape index (κ2) is 7.74. The molecule has 0 radical (unpaired) electrons. The van der Waals surface area contributed by atoms with Gasteiger partial charge in [0.05, 0.1) is 10.1 Å². The lowest BCUT2D eigenvalue weighted by atomic mass is 10.3. The first-order chi connectivity index (χ1) is 10.8. The fourth-order valence-corrected chi connectivity index (χ4v) is 4.53. The molecule has 1 aromatic rings. The summed E-state index contributed by atoms with van der Waals surface area (Å²) >= 11 is 1.49. The van der Waals surface area contributed by atoms with Crippen LogP contribution in [0, 0.1) is 6.92 Å². The van der Waals surface area contributed by atoms with Crippen LogP contribution in [-0.2, 0) is 10.0 Å². The quantitative estimate of drug-likeness (QED) is 0.827. The first kappa shape index (κ1) is 18.4. The van der Waals surface area contributed by atoms with E-state index in [1.54, 1.807) is 18.2 Å². The molecule has 23 heavy (non-hydrogen) atoms. The molecule has 6 nitrogen and oxygen atoms in total. The maximum absolute atomic E-state index is 12.1.